The molecular weight excluding hydrogens is 265 g/mol. The van der Waals surface area contributed by atoms with Gasteiger partial charge in [-0.3, -0.25) is 0 Å². The molecule has 1 atom stereocenters. The van der Waals surface area contributed by atoms with Gasteiger partial charge in [0.25, 0.3) is 0 Å². The Labute approximate surface area is 117 Å². The number of benzene rings is 1. The molecule has 1 unspecified atom stereocenters. The van der Waals surface area contributed by atoms with E-state index in [9.17, 15) is 13.2 Å². The predicted octanol–water partition coefficient (Wildman–Crippen LogP) is 3.21. The van der Waals surface area contributed by atoms with Crippen molar-refractivity contribution >= 4 is 5.69 Å². The number of anilines is 1. The van der Waals surface area contributed by atoms with Crippen LogP contribution in [0.4, 0.5) is 18.9 Å². The Morgan fingerprint density at radius 2 is 1.85 bits per heavy atom. The van der Waals surface area contributed by atoms with Gasteiger partial charge >= 0.3 is 0 Å². The number of rotatable bonds is 1. The molecule has 2 fully saturated rings. The van der Waals surface area contributed by atoms with Crippen molar-refractivity contribution in [1.82, 2.24) is 5.32 Å². The van der Waals surface area contributed by atoms with Crippen molar-refractivity contribution in [3.63, 3.8) is 0 Å². The first-order valence-electron chi connectivity index (χ1n) is 7.18. The molecule has 0 amide bonds. The van der Waals surface area contributed by atoms with E-state index in [1.54, 1.807) is 0 Å². The normalized spacial score (nSPS) is 25.4. The summed E-state index contributed by atoms with van der Waals surface area (Å²) in [6, 6.07) is 2.41. The molecule has 1 aliphatic heterocycles. The van der Waals surface area contributed by atoms with Crippen LogP contribution in [-0.4, -0.2) is 24.7 Å². The highest BCUT2D eigenvalue weighted by Gasteiger charge is 2.40. The quantitative estimate of drug-likeness (QED) is 0.797. The summed E-state index contributed by atoms with van der Waals surface area (Å²) in [5, 5.41) is 3.56. The topological polar surface area (TPSA) is 15.3 Å². The lowest BCUT2D eigenvalue weighted by Gasteiger charge is -2.46. The fraction of sp³-hybridized carbons (Fsp3) is 0.600. The largest absolute Gasteiger partial charge is 0.363 e. The SMILES string of the molecule is CC1CNC2(CCCC2)CN1c1ccc(F)c(F)c1F. The molecule has 2 nitrogen and oxygen atoms in total. The molecule has 2 aliphatic rings. The third-order valence-electron chi connectivity index (χ3n) is 4.66. The summed E-state index contributed by atoms with van der Waals surface area (Å²) < 4.78 is 40.5. The van der Waals surface area contributed by atoms with E-state index >= 15 is 0 Å². The van der Waals surface area contributed by atoms with Crippen LogP contribution in [0.1, 0.15) is 32.6 Å². The lowest BCUT2D eigenvalue weighted by Crippen LogP contribution is -2.62. The second-order valence-corrected chi connectivity index (χ2v) is 6.04. The molecule has 1 aromatic rings. The van der Waals surface area contributed by atoms with Crippen LogP contribution in [0.25, 0.3) is 0 Å². The Balaban J connectivity index is 1.93. The van der Waals surface area contributed by atoms with E-state index in [4.69, 9.17) is 0 Å². The minimum absolute atomic E-state index is 0.00378. The van der Waals surface area contributed by atoms with Gasteiger partial charge in [-0.1, -0.05) is 12.8 Å². The van der Waals surface area contributed by atoms with Gasteiger partial charge in [-0.25, -0.2) is 13.2 Å². The minimum atomic E-state index is -1.38. The van der Waals surface area contributed by atoms with Crippen molar-refractivity contribution in [2.75, 3.05) is 18.0 Å². The van der Waals surface area contributed by atoms with Crippen LogP contribution in [0, 0.1) is 17.5 Å². The van der Waals surface area contributed by atoms with Crippen LogP contribution in [0.15, 0.2) is 12.1 Å². The third kappa shape index (κ3) is 2.18. The molecule has 5 heteroatoms. The number of hydrogen-bond donors (Lipinski definition) is 1. The number of nitrogens with zero attached hydrogens (tertiary/aromatic N) is 1. The standard InChI is InChI=1S/C15H19F3N2/c1-10-8-19-15(6-2-3-7-15)9-20(10)12-5-4-11(16)13(17)14(12)18/h4-5,10,19H,2-3,6-9H2,1H3. The van der Waals surface area contributed by atoms with Crippen LogP contribution >= 0.6 is 0 Å². The molecule has 0 aromatic heterocycles. The van der Waals surface area contributed by atoms with Crippen LogP contribution in [0.2, 0.25) is 0 Å². The highest BCUT2D eigenvalue weighted by atomic mass is 19.2. The van der Waals surface area contributed by atoms with Gasteiger partial charge in [0.15, 0.2) is 17.5 Å². The molecule has 20 heavy (non-hydrogen) atoms. The molecule has 1 aromatic carbocycles. The van der Waals surface area contributed by atoms with Crippen molar-refractivity contribution < 1.29 is 13.2 Å². The Morgan fingerprint density at radius 3 is 2.55 bits per heavy atom. The van der Waals surface area contributed by atoms with Crippen molar-refractivity contribution in [3.05, 3.63) is 29.6 Å². The fourth-order valence-electron chi connectivity index (χ4n) is 3.46. The number of hydrogen-bond acceptors (Lipinski definition) is 2. The lowest BCUT2D eigenvalue weighted by molar-refractivity contribution is 0.274. The van der Waals surface area contributed by atoms with Crippen molar-refractivity contribution in [3.8, 4) is 0 Å². The Kier molecular flexibility index (Phi) is 3.40. The number of piperazine rings is 1. The highest BCUT2D eigenvalue weighted by molar-refractivity contribution is 5.50. The van der Waals surface area contributed by atoms with Crippen LogP contribution in [0.3, 0.4) is 0 Å². The van der Waals surface area contributed by atoms with Gasteiger partial charge in [0.1, 0.15) is 0 Å². The van der Waals surface area contributed by atoms with Gasteiger partial charge in [-0.2, -0.15) is 0 Å². The lowest BCUT2D eigenvalue weighted by atomic mass is 9.92. The number of halogens is 3. The second kappa shape index (κ2) is 4.95. The van der Waals surface area contributed by atoms with Crippen molar-refractivity contribution in [2.24, 2.45) is 0 Å². The summed E-state index contributed by atoms with van der Waals surface area (Å²) in [6.45, 7) is 3.35. The first kappa shape index (κ1) is 13.7. The zero-order chi connectivity index (χ0) is 14.3. The fourth-order valence-corrected chi connectivity index (χ4v) is 3.46. The first-order chi connectivity index (χ1) is 9.52. The van der Waals surface area contributed by atoms with Gasteiger partial charge in [0, 0.05) is 24.7 Å². The zero-order valence-corrected chi connectivity index (χ0v) is 11.6. The molecule has 3 rings (SSSR count). The van der Waals surface area contributed by atoms with Crippen LogP contribution in [-0.2, 0) is 0 Å². The van der Waals surface area contributed by atoms with Gasteiger partial charge < -0.3 is 10.2 Å². The molecule has 110 valence electrons. The summed E-state index contributed by atoms with van der Waals surface area (Å²) >= 11 is 0. The molecule has 1 N–H and O–H groups in total. The molecule has 1 heterocycles. The van der Waals surface area contributed by atoms with E-state index in [2.05, 4.69) is 5.32 Å². The maximum absolute atomic E-state index is 14.0. The summed E-state index contributed by atoms with van der Waals surface area (Å²) in [5.41, 5.74) is 0.174. The molecule has 1 spiro atoms. The Morgan fingerprint density at radius 1 is 1.15 bits per heavy atom. The Hall–Kier alpha value is -1.23. The second-order valence-electron chi connectivity index (χ2n) is 6.04. The van der Waals surface area contributed by atoms with E-state index in [1.807, 2.05) is 11.8 Å². The van der Waals surface area contributed by atoms with Crippen LogP contribution in [0.5, 0.6) is 0 Å². The zero-order valence-electron chi connectivity index (χ0n) is 11.6. The van der Waals surface area contributed by atoms with Crippen LogP contribution < -0.4 is 10.2 Å². The Bertz CT molecular complexity index is 512. The van der Waals surface area contributed by atoms with E-state index in [-0.39, 0.29) is 17.3 Å². The molecule has 1 aliphatic carbocycles. The van der Waals surface area contributed by atoms with E-state index < -0.39 is 17.5 Å². The average Bonchev–Trinajstić information content (AvgIpc) is 2.88. The maximum Gasteiger partial charge on any atom is 0.196 e. The average molecular weight is 284 g/mol. The van der Waals surface area contributed by atoms with E-state index in [0.29, 0.717) is 6.54 Å². The molecule has 1 saturated carbocycles. The summed E-state index contributed by atoms with van der Waals surface area (Å²) in [6.07, 6.45) is 4.44. The monoisotopic (exact) mass is 284 g/mol. The van der Waals surface area contributed by atoms with Gasteiger partial charge in [-0.15, -0.1) is 0 Å². The van der Waals surface area contributed by atoms with Gasteiger partial charge in [0.2, 0.25) is 0 Å². The van der Waals surface area contributed by atoms with Crippen molar-refractivity contribution in [2.45, 2.75) is 44.2 Å². The molecule has 1 saturated heterocycles. The number of nitrogens with one attached hydrogen (secondary N) is 1. The summed E-state index contributed by atoms with van der Waals surface area (Å²) in [5.74, 6) is -3.59. The molecular formula is C15H19F3N2. The van der Waals surface area contributed by atoms with Crippen molar-refractivity contribution in [1.29, 1.82) is 0 Å². The minimum Gasteiger partial charge on any atom is -0.363 e. The first-order valence-corrected chi connectivity index (χ1v) is 7.18. The third-order valence-corrected chi connectivity index (χ3v) is 4.66. The maximum atomic E-state index is 14.0. The summed E-state index contributed by atoms with van der Waals surface area (Å²) in [7, 11) is 0. The predicted molar refractivity (Wildman–Crippen MR) is 72.3 cm³/mol. The summed E-state index contributed by atoms with van der Waals surface area (Å²) in [4.78, 5) is 1.87. The van der Waals surface area contributed by atoms with Gasteiger partial charge in [-0.05, 0) is 31.9 Å². The van der Waals surface area contributed by atoms with E-state index in [1.165, 1.54) is 6.07 Å². The smallest absolute Gasteiger partial charge is 0.196 e. The highest BCUT2D eigenvalue weighted by Crippen LogP contribution is 2.36. The van der Waals surface area contributed by atoms with Gasteiger partial charge in [0.05, 0.1) is 5.69 Å². The van der Waals surface area contributed by atoms with E-state index in [0.717, 1.165) is 38.3 Å². The molecule has 0 bridgehead atoms. The molecule has 0 radical (unpaired) electrons.